The molecule has 5 heteroatoms. The summed E-state index contributed by atoms with van der Waals surface area (Å²) in [6, 6.07) is 13.3. The highest BCUT2D eigenvalue weighted by Crippen LogP contribution is 2.19. The number of nitrogens with two attached hydrogens (primary N) is 1. The summed E-state index contributed by atoms with van der Waals surface area (Å²) in [5, 5.41) is 0.802. The standard InChI is InChI=1S/C15H17N3OS/c1-2-18(13-6-4-3-5-7-13)15(19)11-20-14-9-8-12(16)10-17-14/h3-10H,2,11,16H2,1H3. The lowest BCUT2D eigenvalue weighted by atomic mass is 10.3. The molecule has 2 aromatic rings. The van der Waals surface area contributed by atoms with Crippen molar-refractivity contribution < 1.29 is 4.79 Å². The minimum absolute atomic E-state index is 0.0716. The van der Waals surface area contributed by atoms with Gasteiger partial charge in [0, 0.05) is 12.2 Å². The Morgan fingerprint density at radius 3 is 2.60 bits per heavy atom. The molecule has 20 heavy (non-hydrogen) atoms. The highest BCUT2D eigenvalue weighted by Gasteiger charge is 2.13. The average molecular weight is 287 g/mol. The van der Waals surface area contributed by atoms with Gasteiger partial charge in [-0.1, -0.05) is 30.0 Å². The highest BCUT2D eigenvalue weighted by atomic mass is 32.2. The fourth-order valence-electron chi connectivity index (χ4n) is 1.80. The maximum atomic E-state index is 12.3. The van der Waals surface area contributed by atoms with Crippen LogP contribution >= 0.6 is 11.8 Å². The molecular weight excluding hydrogens is 270 g/mol. The lowest BCUT2D eigenvalue weighted by Gasteiger charge is -2.20. The lowest BCUT2D eigenvalue weighted by Crippen LogP contribution is -2.32. The number of carbonyl (C=O) groups is 1. The molecule has 0 unspecified atom stereocenters. The number of thioether (sulfide) groups is 1. The van der Waals surface area contributed by atoms with Gasteiger partial charge in [0.15, 0.2) is 0 Å². The summed E-state index contributed by atoms with van der Waals surface area (Å²) in [6.07, 6.45) is 1.60. The van der Waals surface area contributed by atoms with Crippen molar-refractivity contribution in [1.82, 2.24) is 4.98 Å². The van der Waals surface area contributed by atoms with E-state index < -0.39 is 0 Å². The largest absolute Gasteiger partial charge is 0.397 e. The smallest absolute Gasteiger partial charge is 0.237 e. The van der Waals surface area contributed by atoms with Crippen molar-refractivity contribution in [2.45, 2.75) is 11.9 Å². The van der Waals surface area contributed by atoms with Gasteiger partial charge in [0.25, 0.3) is 0 Å². The van der Waals surface area contributed by atoms with Crippen LogP contribution in [0.2, 0.25) is 0 Å². The first-order chi connectivity index (χ1) is 9.70. The molecule has 1 aromatic carbocycles. The van der Waals surface area contributed by atoms with Crippen LogP contribution in [-0.2, 0) is 4.79 Å². The SMILES string of the molecule is CCN(C(=O)CSc1ccc(N)cn1)c1ccccc1. The number of benzene rings is 1. The molecule has 2 rings (SSSR count). The molecule has 0 saturated heterocycles. The molecule has 0 aliphatic carbocycles. The third kappa shape index (κ3) is 3.74. The van der Waals surface area contributed by atoms with Gasteiger partial charge in [0.2, 0.25) is 5.91 Å². The molecule has 2 N–H and O–H groups in total. The number of hydrogen-bond acceptors (Lipinski definition) is 4. The third-order valence-corrected chi connectivity index (χ3v) is 3.72. The van der Waals surface area contributed by atoms with Gasteiger partial charge >= 0.3 is 0 Å². The molecule has 0 fully saturated rings. The Labute approximate surface area is 123 Å². The maximum Gasteiger partial charge on any atom is 0.237 e. The normalized spacial score (nSPS) is 10.2. The molecule has 1 aromatic heterocycles. The quantitative estimate of drug-likeness (QED) is 0.859. The molecule has 4 nitrogen and oxygen atoms in total. The Morgan fingerprint density at radius 1 is 1.25 bits per heavy atom. The zero-order valence-electron chi connectivity index (χ0n) is 11.3. The number of anilines is 2. The molecule has 0 atom stereocenters. The van der Waals surface area contributed by atoms with Gasteiger partial charge in [0.1, 0.15) is 0 Å². The number of rotatable bonds is 5. The molecule has 0 aliphatic rings. The van der Waals surface area contributed by atoms with E-state index in [1.54, 1.807) is 17.2 Å². The Kier molecular flexibility index (Phi) is 5.01. The second-order valence-electron chi connectivity index (χ2n) is 4.19. The fraction of sp³-hybridized carbons (Fsp3) is 0.200. The van der Waals surface area contributed by atoms with E-state index in [1.165, 1.54) is 11.8 Å². The molecule has 0 spiro atoms. The lowest BCUT2D eigenvalue weighted by molar-refractivity contribution is -0.116. The second-order valence-corrected chi connectivity index (χ2v) is 5.19. The van der Waals surface area contributed by atoms with Crippen molar-refractivity contribution in [3.05, 3.63) is 48.7 Å². The van der Waals surface area contributed by atoms with Gasteiger partial charge in [-0.25, -0.2) is 4.98 Å². The van der Waals surface area contributed by atoms with Gasteiger partial charge in [-0.15, -0.1) is 0 Å². The maximum absolute atomic E-state index is 12.3. The molecule has 1 amide bonds. The van der Waals surface area contributed by atoms with E-state index in [2.05, 4.69) is 4.98 Å². The summed E-state index contributed by atoms with van der Waals surface area (Å²) >= 11 is 1.42. The first-order valence-corrected chi connectivity index (χ1v) is 7.39. The van der Waals surface area contributed by atoms with E-state index >= 15 is 0 Å². The van der Waals surface area contributed by atoms with E-state index in [0.29, 0.717) is 18.0 Å². The van der Waals surface area contributed by atoms with Gasteiger partial charge in [0.05, 0.1) is 22.7 Å². The van der Waals surface area contributed by atoms with Crippen LogP contribution in [0.5, 0.6) is 0 Å². The number of nitrogens with zero attached hydrogens (tertiary/aromatic N) is 2. The van der Waals surface area contributed by atoms with Crippen LogP contribution in [0.25, 0.3) is 0 Å². The van der Waals surface area contributed by atoms with E-state index in [-0.39, 0.29) is 5.91 Å². The van der Waals surface area contributed by atoms with Gasteiger partial charge in [-0.3, -0.25) is 4.79 Å². The molecule has 0 saturated carbocycles. The number of hydrogen-bond donors (Lipinski definition) is 1. The Bertz CT molecular complexity index is 557. The van der Waals surface area contributed by atoms with Crippen LogP contribution in [0.4, 0.5) is 11.4 Å². The minimum Gasteiger partial charge on any atom is -0.397 e. The average Bonchev–Trinajstić information content (AvgIpc) is 2.48. The van der Waals surface area contributed by atoms with Crippen molar-refractivity contribution in [2.24, 2.45) is 0 Å². The zero-order chi connectivity index (χ0) is 14.4. The second kappa shape index (κ2) is 6.96. The van der Waals surface area contributed by atoms with Crippen molar-refractivity contribution >= 4 is 29.0 Å². The number of para-hydroxylation sites is 1. The summed E-state index contributed by atoms with van der Waals surface area (Å²) in [6.45, 7) is 2.62. The van der Waals surface area contributed by atoms with Crippen molar-refractivity contribution in [1.29, 1.82) is 0 Å². The van der Waals surface area contributed by atoms with E-state index in [4.69, 9.17) is 5.73 Å². The summed E-state index contributed by atoms with van der Waals surface area (Å²) in [5.41, 5.74) is 7.13. The molecule has 0 radical (unpaired) electrons. The first-order valence-electron chi connectivity index (χ1n) is 6.40. The topological polar surface area (TPSA) is 59.2 Å². The number of aromatic nitrogens is 1. The highest BCUT2D eigenvalue weighted by molar-refractivity contribution is 7.99. The monoisotopic (exact) mass is 287 g/mol. The summed E-state index contributed by atoms with van der Waals surface area (Å²) in [5.74, 6) is 0.432. The Morgan fingerprint density at radius 2 is 2.00 bits per heavy atom. The van der Waals surface area contributed by atoms with E-state index in [9.17, 15) is 4.79 Å². The predicted octanol–water partition coefficient (Wildman–Crippen LogP) is 2.81. The first kappa shape index (κ1) is 14.4. The summed E-state index contributed by atoms with van der Waals surface area (Å²) in [7, 11) is 0. The van der Waals surface area contributed by atoms with Crippen molar-refractivity contribution in [2.75, 3.05) is 22.9 Å². The van der Waals surface area contributed by atoms with E-state index in [1.807, 2.05) is 43.3 Å². The number of nitrogen functional groups attached to an aromatic ring is 1. The predicted molar refractivity (Wildman–Crippen MR) is 83.8 cm³/mol. The number of pyridine rings is 1. The molecule has 0 aliphatic heterocycles. The van der Waals surface area contributed by atoms with Crippen LogP contribution in [0.15, 0.2) is 53.7 Å². The van der Waals surface area contributed by atoms with Gasteiger partial charge in [-0.05, 0) is 31.2 Å². The van der Waals surface area contributed by atoms with Crippen LogP contribution in [-0.4, -0.2) is 23.2 Å². The summed E-state index contributed by atoms with van der Waals surface area (Å²) in [4.78, 5) is 18.2. The van der Waals surface area contributed by atoms with Crippen molar-refractivity contribution in [3.63, 3.8) is 0 Å². The fourth-order valence-corrected chi connectivity index (χ4v) is 2.52. The van der Waals surface area contributed by atoms with Crippen LogP contribution < -0.4 is 10.6 Å². The minimum atomic E-state index is 0.0716. The van der Waals surface area contributed by atoms with E-state index in [0.717, 1.165) is 10.7 Å². The Hall–Kier alpha value is -2.01. The molecule has 104 valence electrons. The molecular formula is C15H17N3OS. The summed E-state index contributed by atoms with van der Waals surface area (Å²) < 4.78 is 0. The van der Waals surface area contributed by atoms with Crippen molar-refractivity contribution in [3.8, 4) is 0 Å². The molecule has 0 bridgehead atoms. The van der Waals surface area contributed by atoms with Crippen LogP contribution in [0.1, 0.15) is 6.92 Å². The Balaban J connectivity index is 1.98. The third-order valence-electron chi connectivity index (χ3n) is 2.79. The van der Waals surface area contributed by atoms with Crippen LogP contribution in [0.3, 0.4) is 0 Å². The zero-order valence-corrected chi connectivity index (χ0v) is 12.1. The van der Waals surface area contributed by atoms with Gasteiger partial charge in [-0.2, -0.15) is 0 Å². The van der Waals surface area contributed by atoms with Gasteiger partial charge < -0.3 is 10.6 Å². The molecule has 1 heterocycles. The van der Waals surface area contributed by atoms with Crippen LogP contribution in [0, 0.1) is 0 Å². The number of carbonyl (C=O) groups excluding carboxylic acids is 1. The number of amides is 1.